The van der Waals surface area contributed by atoms with Crippen molar-refractivity contribution in [1.29, 1.82) is 0 Å². The van der Waals surface area contributed by atoms with Crippen molar-refractivity contribution in [2.24, 2.45) is 11.8 Å². The molecular weight excluding hydrogens is 424 g/mol. The number of allylic oxidation sites excluding steroid dienone is 4. The van der Waals surface area contributed by atoms with E-state index in [9.17, 15) is 9.90 Å². The fourth-order valence-corrected chi connectivity index (χ4v) is 6.18. The minimum Gasteiger partial charge on any atom is -0.507 e. The van der Waals surface area contributed by atoms with E-state index in [4.69, 9.17) is 9.47 Å². The maximum atomic E-state index is 13.4. The van der Waals surface area contributed by atoms with Crippen LogP contribution in [0.4, 0.5) is 0 Å². The first-order chi connectivity index (χ1) is 15.8. The molecule has 2 aliphatic heterocycles. The van der Waals surface area contributed by atoms with Gasteiger partial charge in [0.2, 0.25) is 0 Å². The zero-order chi connectivity index (χ0) is 25.0. The summed E-state index contributed by atoms with van der Waals surface area (Å²) in [5.41, 5.74) is 4.07. The van der Waals surface area contributed by atoms with Gasteiger partial charge in [0.15, 0.2) is 5.78 Å². The Morgan fingerprint density at radius 1 is 1.12 bits per heavy atom. The average Bonchev–Trinajstić information content (AvgIpc) is 2.71. The van der Waals surface area contributed by atoms with Crippen molar-refractivity contribution < 1.29 is 19.4 Å². The molecule has 0 aromatic heterocycles. The Morgan fingerprint density at radius 2 is 1.82 bits per heavy atom. The van der Waals surface area contributed by atoms with Crippen LogP contribution >= 0.6 is 0 Å². The van der Waals surface area contributed by atoms with Gasteiger partial charge in [-0.25, -0.2) is 0 Å². The number of carbonyl (C=O) groups excluding carboxylic acids is 1. The van der Waals surface area contributed by atoms with E-state index in [0.717, 1.165) is 49.0 Å². The highest BCUT2D eigenvalue weighted by molar-refractivity contribution is 6.04. The fourth-order valence-electron chi connectivity index (χ4n) is 6.18. The number of benzene rings is 1. The van der Waals surface area contributed by atoms with Crippen LogP contribution in [0.2, 0.25) is 0 Å². The first-order valence-corrected chi connectivity index (χ1v) is 13.0. The Morgan fingerprint density at radius 3 is 2.47 bits per heavy atom. The first-order valence-electron chi connectivity index (χ1n) is 13.0. The number of hydrogen-bond donors (Lipinski definition) is 1. The normalized spacial score (nSPS) is 26.6. The third-order valence-corrected chi connectivity index (χ3v) is 8.13. The lowest BCUT2D eigenvalue weighted by atomic mass is 9.61. The van der Waals surface area contributed by atoms with Crippen molar-refractivity contribution in [1.82, 2.24) is 0 Å². The summed E-state index contributed by atoms with van der Waals surface area (Å²) in [4.78, 5) is 13.4. The molecule has 1 N–H and O–H groups in total. The monoisotopic (exact) mass is 466 g/mol. The van der Waals surface area contributed by atoms with E-state index in [-0.39, 0.29) is 34.6 Å². The Labute approximate surface area is 205 Å². The standard InChI is InChI=1S/C30H42O4/c1-17(2)10-9-11-19(5)12-13-20-26(32)24(25(31)18(3)4)28-23-21-16-30(8,34-28)15-14-22(21)29(6,7)33-27(20)23/h10,12,18,21-22,32H,9,11,13-16H2,1-8H3/b19-12+/t21-,22?,30?/m0/s1. The van der Waals surface area contributed by atoms with Crippen LogP contribution in [0.5, 0.6) is 17.2 Å². The smallest absolute Gasteiger partial charge is 0.172 e. The van der Waals surface area contributed by atoms with E-state index in [0.29, 0.717) is 23.7 Å². The summed E-state index contributed by atoms with van der Waals surface area (Å²) in [6.07, 6.45) is 9.85. The second-order valence-corrected chi connectivity index (χ2v) is 12.1. The van der Waals surface area contributed by atoms with Crippen LogP contribution in [0.3, 0.4) is 0 Å². The van der Waals surface area contributed by atoms with Crippen molar-refractivity contribution in [2.45, 2.75) is 111 Å². The number of ether oxygens (including phenoxy) is 2. The molecule has 0 amide bonds. The minimum absolute atomic E-state index is 0.0404. The van der Waals surface area contributed by atoms with Gasteiger partial charge >= 0.3 is 0 Å². The summed E-state index contributed by atoms with van der Waals surface area (Å²) in [5, 5.41) is 11.6. The molecule has 186 valence electrons. The lowest BCUT2D eigenvalue weighted by molar-refractivity contribution is -0.0736. The summed E-state index contributed by atoms with van der Waals surface area (Å²) in [7, 11) is 0. The first kappa shape index (κ1) is 24.9. The minimum atomic E-state index is -0.333. The largest absolute Gasteiger partial charge is 0.507 e. The summed E-state index contributed by atoms with van der Waals surface area (Å²) < 4.78 is 13.3. The molecule has 1 aromatic rings. The highest BCUT2D eigenvalue weighted by Gasteiger charge is 2.56. The molecule has 0 spiro atoms. The average molecular weight is 467 g/mol. The molecule has 1 aromatic carbocycles. The van der Waals surface area contributed by atoms with Crippen LogP contribution in [0.25, 0.3) is 0 Å². The zero-order valence-electron chi connectivity index (χ0n) is 22.3. The van der Waals surface area contributed by atoms with Crippen molar-refractivity contribution in [3.63, 3.8) is 0 Å². The van der Waals surface area contributed by atoms with Gasteiger partial charge in [-0.05, 0) is 80.1 Å². The number of Topliss-reactive ketones (excluding diaryl/α,β-unsaturated/α-hetero) is 1. The quantitative estimate of drug-likeness (QED) is 0.331. The highest BCUT2D eigenvalue weighted by Crippen LogP contribution is 2.63. The van der Waals surface area contributed by atoms with E-state index < -0.39 is 0 Å². The van der Waals surface area contributed by atoms with Crippen LogP contribution in [-0.2, 0) is 6.42 Å². The van der Waals surface area contributed by atoms with Crippen LogP contribution < -0.4 is 9.47 Å². The molecule has 34 heavy (non-hydrogen) atoms. The summed E-state index contributed by atoms with van der Waals surface area (Å²) in [6, 6.07) is 0. The van der Waals surface area contributed by atoms with E-state index in [1.165, 1.54) is 11.1 Å². The van der Waals surface area contributed by atoms with E-state index >= 15 is 0 Å². The topological polar surface area (TPSA) is 55.8 Å². The molecule has 3 atom stereocenters. The fraction of sp³-hybridized carbons (Fsp3) is 0.633. The van der Waals surface area contributed by atoms with Crippen LogP contribution in [0.1, 0.15) is 115 Å². The number of ketones is 1. The number of hydrogen-bond acceptors (Lipinski definition) is 4. The van der Waals surface area contributed by atoms with Gasteiger partial charge in [-0.2, -0.15) is 0 Å². The lowest BCUT2D eigenvalue weighted by Gasteiger charge is -2.55. The van der Waals surface area contributed by atoms with Crippen LogP contribution in [0, 0.1) is 11.8 Å². The summed E-state index contributed by atoms with van der Waals surface area (Å²) in [5.74, 6) is 1.72. The lowest BCUT2D eigenvalue weighted by Crippen LogP contribution is -2.54. The molecular formula is C30H42O4. The van der Waals surface area contributed by atoms with Gasteiger partial charge in [0.05, 0.1) is 0 Å². The molecule has 1 fully saturated rings. The van der Waals surface area contributed by atoms with Gasteiger partial charge in [0.25, 0.3) is 0 Å². The van der Waals surface area contributed by atoms with Crippen molar-refractivity contribution >= 4 is 5.78 Å². The number of phenols is 1. The van der Waals surface area contributed by atoms with Crippen molar-refractivity contribution in [3.8, 4) is 17.2 Å². The van der Waals surface area contributed by atoms with E-state index in [2.05, 4.69) is 53.7 Å². The van der Waals surface area contributed by atoms with Crippen molar-refractivity contribution in [2.75, 3.05) is 0 Å². The van der Waals surface area contributed by atoms with E-state index in [1.54, 1.807) is 0 Å². The predicted octanol–water partition coefficient (Wildman–Crippen LogP) is 7.67. The van der Waals surface area contributed by atoms with Crippen LogP contribution in [-0.4, -0.2) is 22.1 Å². The maximum Gasteiger partial charge on any atom is 0.172 e. The van der Waals surface area contributed by atoms with Gasteiger partial charge in [0, 0.05) is 28.9 Å². The van der Waals surface area contributed by atoms with Gasteiger partial charge < -0.3 is 14.6 Å². The molecule has 2 heterocycles. The van der Waals surface area contributed by atoms with Crippen LogP contribution in [0.15, 0.2) is 23.3 Å². The molecule has 1 saturated carbocycles. The zero-order valence-corrected chi connectivity index (χ0v) is 22.3. The second-order valence-electron chi connectivity index (χ2n) is 12.1. The third-order valence-electron chi connectivity index (χ3n) is 8.13. The Bertz CT molecular complexity index is 1050. The van der Waals surface area contributed by atoms with Gasteiger partial charge in [-0.3, -0.25) is 4.79 Å². The maximum absolute atomic E-state index is 13.4. The number of rotatable bonds is 7. The molecule has 0 radical (unpaired) electrons. The molecule has 4 heteroatoms. The molecule has 0 saturated heterocycles. The third kappa shape index (κ3) is 4.29. The van der Waals surface area contributed by atoms with E-state index in [1.807, 2.05) is 13.8 Å². The molecule has 4 nitrogen and oxygen atoms in total. The number of aromatic hydroxyl groups is 1. The number of carbonyl (C=O) groups is 1. The number of fused-ring (bicyclic) bond motifs is 1. The molecule has 2 bridgehead atoms. The van der Waals surface area contributed by atoms with Gasteiger partial charge in [-0.1, -0.05) is 37.1 Å². The van der Waals surface area contributed by atoms with Gasteiger partial charge in [0.1, 0.15) is 34.0 Å². The van der Waals surface area contributed by atoms with Gasteiger partial charge in [-0.15, -0.1) is 0 Å². The molecule has 3 aliphatic rings. The molecule has 4 rings (SSSR count). The summed E-state index contributed by atoms with van der Waals surface area (Å²) >= 11 is 0. The van der Waals surface area contributed by atoms with Crippen molar-refractivity contribution in [3.05, 3.63) is 40.0 Å². The predicted molar refractivity (Wildman–Crippen MR) is 137 cm³/mol. The Hall–Kier alpha value is -2.23. The number of phenolic OH excluding ortho intramolecular Hbond substituents is 1. The molecule has 1 aliphatic carbocycles. The SMILES string of the molecule is CC(C)=CCC/C(C)=C/Cc1c(O)c(C(=O)C(C)C)c2c3c1OC(C)(C)C1CCC(C)(C[C@H]31)O2. The second kappa shape index (κ2) is 8.77. The molecule has 2 unspecified atom stereocenters. The Kier molecular flexibility index (Phi) is 6.42. The summed E-state index contributed by atoms with van der Waals surface area (Å²) in [6.45, 7) is 16.6. The highest BCUT2D eigenvalue weighted by atomic mass is 16.5. The Balaban J connectivity index is 1.86.